The summed E-state index contributed by atoms with van der Waals surface area (Å²) in [6.07, 6.45) is 2.76. The van der Waals surface area contributed by atoms with E-state index in [9.17, 15) is 14.9 Å². The average Bonchev–Trinajstić information content (AvgIpc) is 3.17. The molecule has 1 aliphatic rings. The van der Waals surface area contributed by atoms with Crippen molar-refractivity contribution in [2.75, 3.05) is 11.9 Å². The van der Waals surface area contributed by atoms with E-state index in [-0.39, 0.29) is 20.6 Å². The first kappa shape index (κ1) is 19.0. The Kier molecular flexibility index (Phi) is 5.73. The summed E-state index contributed by atoms with van der Waals surface area (Å²) < 4.78 is 4.97. The number of halogens is 3. The number of benzene rings is 1. The van der Waals surface area contributed by atoms with Crippen molar-refractivity contribution in [3.8, 4) is 6.07 Å². The minimum Gasteiger partial charge on any atom is -0.452 e. The standard InChI is InChI=1S/C17H11Cl3N2O3S/c18-10-4-5-11(19)15(20)14(10)17(24)25-7-13(23)22-16-9(6-21)8-2-1-3-12(8)26-16/h4-5H,1-3,7H2,(H,22,23). The second-order valence-corrected chi connectivity index (χ2v) is 7.81. The predicted octanol–water partition coefficient (Wildman–Crippen LogP) is 4.86. The van der Waals surface area contributed by atoms with Crippen molar-refractivity contribution in [2.45, 2.75) is 19.3 Å². The molecule has 0 unspecified atom stereocenters. The fourth-order valence-corrected chi connectivity index (χ4v) is 4.63. The largest absolute Gasteiger partial charge is 0.452 e. The van der Waals surface area contributed by atoms with Crippen LogP contribution in [0.3, 0.4) is 0 Å². The molecule has 5 nitrogen and oxygen atoms in total. The molecule has 0 spiro atoms. The summed E-state index contributed by atoms with van der Waals surface area (Å²) in [5.74, 6) is -1.41. The van der Waals surface area contributed by atoms with Crippen LogP contribution in [0.4, 0.5) is 5.00 Å². The van der Waals surface area contributed by atoms with Gasteiger partial charge in [-0.3, -0.25) is 4.79 Å². The minimum absolute atomic E-state index is 0.0361. The maximum absolute atomic E-state index is 12.2. The number of hydrogen-bond acceptors (Lipinski definition) is 5. The SMILES string of the molecule is N#Cc1c(NC(=O)COC(=O)c2c(Cl)ccc(Cl)c2Cl)sc2c1CCC2. The van der Waals surface area contributed by atoms with E-state index in [2.05, 4.69) is 11.4 Å². The molecular formula is C17H11Cl3N2O3S. The van der Waals surface area contributed by atoms with E-state index in [0.29, 0.717) is 10.6 Å². The van der Waals surface area contributed by atoms with Gasteiger partial charge < -0.3 is 10.1 Å². The van der Waals surface area contributed by atoms with Crippen LogP contribution in [0.5, 0.6) is 0 Å². The summed E-state index contributed by atoms with van der Waals surface area (Å²) in [7, 11) is 0. The predicted molar refractivity (Wildman–Crippen MR) is 101 cm³/mol. The summed E-state index contributed by atoms with van der Waals surface area (Å²) in [5.41, 5.74) is 1.40. The molecular weight excluding hydrogens is 419 g/mol. The van der Waals surface area contributed by atoms with Gasteiger partial charge in [-0.05, 0) is 37.0 Å². The average molecular weight is 430 g/mol. The van der Waals surface area contributed by atoms with Crippen LogP contribution in [0.25, 0.3) is 0 Å². The topological polar surface area (TPSA) is 79.2 Å². The third-order valence-electron chi connectivity index (χ3n) is 3.87. The highest BCUT2D eigenvalue weighted by Gasteiger charge is 2.24. The molecule has 0 atom stereocenters. The summed E-state index contributed by atoms with van der Waals surface area (Å²) in [4.78, 5) is 25.4. The lowest BCUT2D eigenvalue weighted by molar-refractivity contribution is -0.119. The number of nitrogens with zero attached hydrogens (tertiary/aromatic N) is 1. The minimum atomic E-state index is -0.855. The number of rotatable bonds is 4. The van der Waals surface area contributed by atoms with E-state index in [1.165, 1.54) is 23.5 Å². The van der Waals surface area contributed by atoms with Crippen LogP contribution in [0.2, 0.25) is 15.1 Å². The van der Waals surface area contributed by atoms with Gasteiger partial charge in [0.15, 0.2) is 6.61 Å². The number of hydrogen-bond donors (Lipinski definition) is 1. The zero-order valence-corrected chi connectivity index (χ0v) is 16.3. The summed E-state index contributed by atoms with van der Waals surface area (Å²) in [6, 6.07) is 5.00. The fourth-order valence-electron chi connectivity index (χ4n) is 2.69. The summed E-state index contributed by atoms with van der Waals surface area (Å²) in [5, 5.41) is 12.6. The van der Waals surface area contributed by atoms with Crippen molar-refractivity contribution in [1.29, 1.82) is 5.26 Å². The van der Waals surface area contributed by atoms with E-state index in [1.807, 2.05) is 0 Å². The number of amides is 1. The first-order valence-corrected chi connectivity index (χ1v) is 9.52. The highest BCUT2D eigenvalue weighted by molar-refractivity contribution is 7.16. The molecule has 0 fully saturated rings. The number of ether oxygens (including phenoxy) is 1. The molecule has 1 N–H and O–H groups in total. The van der Waals surface area contributed by atoms with Gasteiger partial charge >= 0.3 is 5.97 Å². The molecule has 0 saturated carbocycles. The van der Waals surface area contributed by atoms with Crippen molar-refractivity contribution in [3.63, 3.8) is 0 Å². The first-order chi connectivity index (χ1) is 12.4. The zero-order valence-electron chi connectivity index (χ0n) is 13.2. The van der Waals surface area contributed by atoms with Crippen LogP contribution in [0.1, 0.15) is 32.8 Å². The Morgan fingerprint density at radius 1 is 1.23 bits per heavy atom. The molecule has 134 valence electrons. The van der Waals surface area contributed by atoms with Gasteiger partial charge in [-0.1, -0.05) is 34.8 Å². The number of carbonyl (C=O) groups excluding carboxylic acids is 2. The third kappa shape index (κ3) is 3.67. The van der Waals surface area contributed by atoms with E-state index < -0.39 is 18.5 Å². The Morgan fingerprint density at radius 3 is 2.69 bits per heavy atom. The molecule has 0 bridgehead atoms. The second kappa shape index (κ2) is 7.85. The van der Waals surface area contributed by atoms with Crippen LogP contribution in [-0.2, 0) is 22.4 Å². The van der Waals surface area contributed by atoms with Gasteiger partial charge in [0.05, 0.1) is 26.2 Å². The number of carbonyl (C=O) groups is 2. The molecule has 1 aromatic carbocycles. The van der Waals surface area contributed by atoms with E-state index in [0.717, 1.165) is 29.7 Å². The van der Waals surface area contributed by atoms with Crippen LogP contribution in [0, 0.1) is 11.3 Å². The highest BCUT2D eigenvalue weighted by Crippen LogP contribution is 2.38. The van der Waals surface area contributed by atoms with Crippen LogP contribution in [-0.4, -0.2) is 18.5 Å². The molecule has 1 aliphatic carbocycles. The van der Waals surface area contributed by atoms with Gasteiger partial charge in [0.25, 0.3) is 5.91 Å². The van der Waals surface area contributed by atoms with Gasteiger partial charge in [0.1, 0.15) is 11.1 Å². The Bertz CT molecular complexity index is 950. The van der Waals surface area contributed by atoms with Crippen LogP contribution in [0.15, 0.2) is 12.1 Å². The maximum Gasteiger partial charge on any atom is 0.341 e. The maximum atomic E-state index is 12.2. The number of nitriles is 1. The normalized spacial score (nSPS) is 12.4. The second-order valence-electron chi connectivity index (χ2n) is 5.52. The third-order valence-corrected chi connectivity index (χ3v) is 6.20. The first-order valence-electron chi connectivity index (χ1n) is 7.57. The van der Waals surface area contributed by atoms with Crippen molar-refractivity contribution in [1.82, 2.24) is 0 Å². The van der Waals surface area contributed by atoms with E-state index in [4.69, 9.17) is 39.5 Å². The molecule has 0 aliphatic heterocycles. The van der Waals surface area contributed by atoms with Crippen molar-refractivity contribution in [3.05, 3.63) is 48.8 Å². The Hall–Kier alpha value is -1.78. The number of aryl methyl sites for hydroxylation is 1. The molecule has 26 heavy (non-hydrogen) atoms. The van der Waals surface area contributed by atoms with Gasteiger partial charge in [-0.25, -0.2) is 4.79 Å². The molecule has 1 aromatic heterocycles. The number of esters is 1. The summed E-state index contributed by atoms with van der Waals surface area (Å²) >= 11 is 19.2. The van der Waals surface area contributed by atoms with Crippen molar-refractivity contribution in [2.24, 2.45) is 0 Å². The highest BCUT2D eigenvalue weighted by atomic mass is 35.5. The number of anilines is 1. The monoisotopic (exact) mass is 428 g/mol. The molecule has 3 rings (SSSR count). The molecule has 1 amide bonds. The lowest BCUT2D eigenvalue weighted by Gasteiger charge is -2.09. The molecule has 9 heteroatoms. The Morgan fingerprint density at radius 2 is 1.96 bits per heavy atom. The summed E-state index contributed by atoms with van der Waals surface area (Å²) in [6.45, 7) is -0.536. The van der Waals surface area contributed by atoms with Crippen LogP contribution < -0.4 is 5.32 Å². The fraction of sp³-hybridized carbons (Fsp3) is 0.235. The van der Waals surface area contributed by atoms with Crippen LogP contribution >= 0.6 is 46.1 Å². The number of thiophene rings is 1. The van der Waals surface area contributed by atoms with E-state index in [1.54, 1.807) is 0 Å². The quantitative estimate of drug-likeness (QED) is 0.556. The molecule has 0 radical (unpaired) electrons. The molecule has 2 aromatic rings. The lowest BCUT2D eigenvalue weighted by atomic mass is 10.1. The Labute approximate surface area is 168 Å². The van der Waals surface area contributed by atoms with Gasteiger partial charge in [0, 0.05) is 4.88 Å². The molecule has 1 heterocycles. The lowest BCUT2D eigenvalue weighted by Crippen LogP contribution is -2.21. The Balaban J connectivity index is 1.66. The van der Waals surface area contributed by atoms with E-state index >= 15 is 0 Å². The smallest absolute Gasteiger partial charge is 0.341 e. The van der Waals surface area contributed by atoms with Crippen molar-refractivity contribution >= 4 is 63.0 Å². The van der Waals surface area contributed by atoms with Gasteiger partial charge in [-0.2, -0.15) is 5.26 Å². The molecule has 0 saturated heterocycles. The zero-order chi connectivity index (χ0) is 18.8. The number of nitrogens with one attached hydrogen (secondary N) is 1. The number of fused-ring (bicyclic) bond motifs is 1. The van der Waals surface area contributed by atoms with Gasteiger partial charge in [0.2, 0.25) is 0 Å². The van der Waals surface area contributed by atoms with Gasteiger partial charge in [-0.15, -0.1) is 11.3 Å². The van der Waals surface area contributed by atoms with Crippen molar-refractivity contribution < 1.29 is 14.3 Å².